The first kappa shape index (κ1) is 13.2. The van der Waals surface area contributed by atoms with Crippen LogP contribution in [0.4, 0.5) is 0 Å². The minimum atomic E-state index is -0.147. The second-order valence-corrected chi connectivity index (χ2v) is 5.78. The zero-order valence-electron chi connectivity index (χ0n) is 11.1. The smallest absolute Gasteiger partial charge is 0.232 e. The Morgan fingerprint density at radius 2 is 1.83 bits per heavy atom. The predicted molar refractivity (Wildman–Crippen MR) is 66.6 cm³/mol. The molecule has 2 aliphatic rings. The molecule has 18 heavy (non-hydrogen) atoms. The number of likely N-dealkylation sites (tertiary alicyclic amines) is 1. The predicted octanol–water partition coefficient (Wildman–Crippen LogP) is 1.78. The van der Waals surface area contributed by atoms with Gasteiger partial charge in [0.2, 0.25) is 11.8 Å². The second-order valence-electron chi connectivity index (χ2n) is 5.78. The SMILES string of the molecule is CC(=O)[C@H]1CC[C@H](CN2C(=O)CC(C)C2=O)CC1. The van der Waals surface area contributed by atoms with E-state index in [9.17, 15) is 14.4 Å². The maximum Gasteiger partial charge on any atom is 0.232 e. The van der Waals surface area contributed by atoms with Crippen LogP contribution in [0.25, 0.3) is 0 Å². The first-order chi connectivity index (χ1) is 8.49. The quantitative estimate of drug-likeness (QED) is 0.718. The summed E-state index contributed by atoms with van der Waals surface area (Å²) in [5.41, 5.74) is 0. The summed E-state index contributed by atoms with van der Waals surface area (Å²) in [4.78, 5) is 36.2. The van der Waals surface area contributed by atoms with Gasteiger partial charge in [-0.05, 0) is 38.5 Å². The first-order valence-corrected chi connectivity index (χ1v) is 6.83. The van der Waals surface area contributed by atoms with E-state index in [0.717, 1.165) is 25.7 Å². The summed E-state index contributed by atoms with van der Waals surface area (Å²) < 4.78 is 0. The molecule has 0 bridgehead atoms. The number of nitrogens with zero attached hydrogens (tertiary/aromatic N) is 1. The van der Waals surface area contributed by atoms with Crippen molar-refractivity contribution in [1.82, 2.24) is 4.90 Å². The van der Waals surface area contributed by atoms with E-state index in [4.69, 9.17) is 0 Å². The van der Waals surface area contributed by atoms with Crippen LogP contribution < -0.4 is 0 Å². The van der Waals surface area contributed by atoms with Crippen molar-refractivity contribution >= 4 is 17.6 Å². The fourth-order valence-corrected chi connectivity index (χ4v) is 3.05. The van der Waals surface area contributed by atoms with E-state index in [1.54, 1.807) is 6.92 Å². The van der Waals surface area contributed by atoms with E-state index in [0.29, 0.717) is 18.9 Å². The van der Waals surface area contributed by atoms with Gasteiger partial charge in [-0.25, -0.2) is 0 Å². The van der Waals surface area contributed by atoms with Gasteiger partial charge in [-0.15, -0.1) is 0 Å². The molecule has 4 nitrogen and oxygen atoms in total. The number of ketones is 1. The molecular formula is C14H21NO3. The van der Waals surface area contributed by atoms with Crippen molar-refractivity contribution in [3.63, 3.8) is 0 Å². The zero-order valence-corrected chi connectivity index (χ0v) is 11.1. The molecule has 0 aromatic heterocycles. The Balaban J connectivity index is 1.87. The molecule has 1 heterocycles. The number of carbonyl (C=O) groups excluding carboxylic acids is 3. The van der Waals surface area contributed by atoms with Crippen LogP contribution in [0.3, 0.4) is 0 Å². The molecule has 0 aromatic rings. The summed E-state index contributed by atoms with van der Waals surface area (Å²) >= 11 is 0. The van der Waals surface area contributed by atoms with Gasteiger partial charge in [0.25, 0.3) is 0 Å². The molecule has 1 aliphatic heterocycles. The monoisotopic (exact) mass is 251 g/mol. The summed E-state index contributed by atoms with van der Waals surface area (Å²) in [5, 5.41) is 0. The largest absolute Gasteiger partial charge is 0.300 e. The second kappa shape index (κ2) is 5.21. The topological polar surface area (TPSA) is 54.5 Å². The first-order valence-electron chi connectivity index (χ1n) is 6.83. The molecule has 1 atom stereocenters. The summed E-state index contributed by atoms with van der Waals surface area (Å²) in [6, 6.07) is 0. The van der Waals surface area contributed by atoms with Gasteiger partial charge in [-0.2, -0.15) is 0 Å². The summed E-state index contributed by atoms with van der Waals surface area (Å²) in [7, 11) is 0. The molecule has 1 saturated carbocycles. The third kappa shape index (κ3) is 2.62. The highest BCUT2D eigenvalue weighted by molar-refractivity contribution is 6.03. The van der Waals surface area contributed by atoms with Crippen LogP contribution in [0.5, 0.6) is 0 Å². The van der Waals surface area contributed by atoms with Crippen molar-refractivity contribution in [3.8, 4) is 0 Å². The summed E-state index contributed by atoms with van der Waals surface area (Å²) in [6.45, 7) is 4.03. The standard InChI is InChI=1S/C14H21NO3/c1-9-7-13(17)15(14(9)18)8-11-3-5-12(6-4-11)10(2)16/h9,11-12H,3-8H2,1-2H3/t9?,11-,12-. The highest BCUT2D eigenvalue weighted by Crippen LogP contribution is 2.31. The van der Waals surface area contributed by atoms with Gasteiger partial charge in [-0.3, -0.25) is 19.3 Å². The van der Waals surface area contributed by atoms with Crippen LogP contribution in [0, 0.1) is 17.8 Å². The maximum absolute atomic E-state index is 11.8. The Morgan fingerprint density at radius 3 is 2.28 bits per heavy atom. The van der Waals surface area contributed by atoms with Gasteiger partial charge in [0.15, 0.2) is 0 Å². The van der Waals surface area contributed by atoms with Crippen molar-refractivity contribution in [3.05, 3.63) is 0 Å². The van der Waals surface area contributed by atoms with Crippen LogP contribution in [0.1, 0.15) is 46.0 Å². The van der Waals surface area contributed by atoms with Crippen LogP contribution in [0.15, 0.2) is 0 Å². The Labute approximate surface area is 108 Å². The van der Waals surface area contributed by atoms with E-state index in [1.807, 2.05) is 6.92 Å². The molecule has 2 amide bonds. The van der Waals surface area contributed by atoms with Crippen molar-refractivity contribution in [2.75, 3.05) is 6.54 Å². The lowest BCUT2D eigenvalue weighted by atomic mass is 9.80. The van der Waals surface area contributed by atoms with Crippen molar-refractivity contribution < 1.29 is 14.4 Å². The van der Waals surface area contributed by atoms with Crippen LogP contribution in [-0.4, -0.2) is 29.0 Å². The van der Waals surface area contributed by atoms with Gasteiger partial charge in [0, 0.05) is 24.8 Å². The van der Waals surface area contributed by atoms with Crippen LogP contribution >= 0.6 is 0 Å². The molecule has 1 saturated heterocycles. The lowest BCUT2D eigenvalue weighted by molar-refractivity contribution is -0.140. The van der Waals surface area contributed by atoms with Gasteiger partial charge < -0.3 is 0 Å². The minimum Gasteiger partial charge on any atom is -0.300 e. The molecule has 100 valence electrons. The normalized spacial score (nSPS) is 33.0. The lowest BCUT2D eigenvalue weighted by Crippen LogP contribution is -2.36. The molecule has 0 radical (unpaired) electrons. The van der Waals surface area contributed by atoms with Crippen LogP contribution in [0.2, 0.25) is 0 Å². The average molecular weight is 251 g/mol. The molecule has 1 aliphatic carbocycles. The minimum absolute atomic E-state index is 0.0197. The fraction of sp³-hybridized carbons (Fsp3) is 0.786. The highest BCUT2D eigenvalue weighted by Gasteiger charge is 2.37. The van der Waals surface area contributed by atoms with Gasteiger partial charge in [-0.1, -0.05) is 6.92 Å². The lowest BCUT2D eigenvalue weighted by Gasteiger charge is -2.29. The number of amides is 2. The van der Waals surface area contributed by atoms with Crippen molar-refractivity contribution in [2.24, 2.45) is 17.8 Å². The number of hydrogen-bond acceptors (Lipinski definition) is 3. The van der Waals surface area contributed by atoms with Crippen molar-refractivity contribution in [2.45, 2.75) is 46.0 Å². The molecule has 1 unspecified atom stereocenters. The van der Waals surface area contributed by atoms with E-state index in [1.165, 1.54) is 4.90 Å². The Hall–Kier alpha value is -1.19. The average Bonchev–Trinajstić information content (AvgIpc) is 2.57. The van der Waals surface area contributed by atoms with E-state index in [2.05, 4.69) is 0 Å². The zero-order chi connectivity index (χ0) is 13.3. The van der Waals surface area contributed by atoms with Gasteiger partial charge >= 0.3 is 0 Å². The number of carbonyl (C=O) groups is 3. The van der Waals surface area contributed by atoms with Gasteiger partial charge in [0.05, 0.1) is 0 Å². The molecular weight excluding hydrogens is 230 g/mol. The van der Waals surface area contributed by atoms with Gasteiger partial charge in [0.1, 0.15) is 5.78 Å². The van der Waals surface area contributed by atoms with Crippen molar-refractivity contribution in [1.29, 1.82) is 0 Å². The highest BCUT2D eigenvalue weighted by atomic mass is 16.2. The third-order valence-electron chi connectivity index (χ3n) is 4.33. The number of Topliss-reactive ketones (excluding diaryl/α,β-unsaturated/α-hetero) is 1. The fourth-order valence-electron chi connectivity index (χ4n) is 3.05. The third-order valence-corrected chi connectivity index (χ3v) is 4.33. The maximum atomic E-state index is 11.8. The Kier molecular flexibility index (Phi) is 3.83. The summed E-state index contributed by atoms with van der Waals surface area (Å²) in [6.07, 6.45) is 4.09. The number of hydrogen-bond donors (Lipinski definition) is 0. The molecule has 2 fully saturated rings. The molecule has 2 rings (SSSR count). The molecule has 4 heteroatoms. The van der Waals surface area contributed by atoms with E-state index >= 15 is 0 Å². The Morgan fingerprint density at radius 1 is 1.22 bits per heavy atom. The molecule has 0 spiro atoms. The molecule has 0 N–H and O–H groups in total. The van der Waals surface area contributed by atoms with E-state index in [-0.39, 0.29) is 29.4 Å². The Bertz CT molecular complexity index is 369. The number of imide groups is 1. The molecule has 0 aromatic carbocycles. The van der Waals surface area contributed by atoms with Crippen LogP contribution in [-0.2, 0) is 14.4 Å². The summed E-state index contributed by atoms with van der Waals surface area (Å²) in [5.74, 6) is 0.667. The van der Waals surface area contributed by atoms with E-state index < -0.39 is 0 Å². The number of rotatable bonds is 3.